The lowest BCUT2D eigenvalue weighted by atomic mass is 9.94. The third kappa shape index (κ3) is 2.72. The van der Waals surface area contributed by atoms with E-state index in [0.29, 0.717) is 0 Å². The smallest absolute Gasteiger partial charge is 0.413 e. The van der Waals surface area contributed by atoms with E-state index in [9.17, 15) is 0 Å². The fourth-order valence-electron chi connectivity index (χ4n) is 4.16. The van der Waals surface area contributed by atoms with Crippen molar-refractivity contribution < 1.29 is 12.3 Å². The molecule has 1 fully saturated rings. The molecule has 27 heavy (non-hydrogen) atoms. The zero-order valence-corrected chi connectivity index (χ0v) is 18.6. The van der Waals surface area contributed by atoms with Crippen LogP contribution in [0.3, 0.4) is 0 Å². The van der Waals surface area contributed by atoms with Crippen LogP contribution in [0.15, 0.2) is 66.7 Å². The highest BCUT2D eigenvalue weighted by Crippen LogP contribution is 2.35. The summed E-state index contributed by atoms with van der Waals surface area (Å²) in [7, 11) is -4.68. The normalized spacial score (nSPS) is 22.5. The molecule has 0 spiro atoms. The van der Waals surface area contributed by atoms with Crippen molar-refractivity contribution in [3.63, 3.8) is 0 Å². The Hall–Kier alpha value is -1.81. The van der Waals surface area contributed by atoms with Crippen LogP contribution < -0.4 is 5.19 Å². The van der Waals surface area contributed by atoms with Gasteiger partial charge in [0.2, 0.25) is 0 Å². The Morgan fingerprint density at radius 1 is 0.630 bits per heavy atom. The quantitative estimate of drug-likeness (QED) is 0.339. The first-order valence-electron chi connectivity index (χ1n) is 9.12. The minimum absolute atomic E-state index is 0.0578. The van der Waals surface area contributed by atoms with Crippen molar-refractivity contribution in [1.29, 1.82) is 0 Å². The fraction of sp³-hybridized carbons (Fsp3) is 0.143. The van der Waals surface area contributed by atoms with Crippen LogP contribution in [0.25, 0.3) is 32.3 Å². The van der Waals surface area contributed by atoms with Gasteiger partial charge in [0, 0.05) is 5.19 Å². The van der Waals surface area contributed by atoms with E-state index in [4.69, 9.17) is 12.3 Å². The van der Waals surface area contributed by atoms with Gasteiger partial charge in [0.05, 0.1) is 0 Å². The summed E-state index contributed by atoms with van der Waals surface area (Å²) in [5.74, 6) is 0. The summed E-state index contributed by atoms with van der Waals surface area (Å²) in [4.78, 5) is 0. The molecular formula is C21H20O3Si3. The second-order valence-corrected chi connectivity index (χ2v) is 15.4. The van der Waals surface area contributed by atoms with E-state index in [1.165, 1.54) is 37.5 Å². The van der Waals surface area contributed by atoms with E-state index in [1.807, 2.05) is 0 Å². The monoisotopic (exact) mass is 404 g/mol. The third-order valence-corrected chi connectivity index (χ3v) is 14.3. The summed E-state index contributed by atoms with van der Waals surface area (Å²) in [6, 6.07) is 23.8. The van der Waals surface area contributed by atoms with E-state index < -0.39 is 17.1 Å². The van der Waals surface area contributed by atoms with Gasteiger partial charge in [0.15, 0.2) is 0 Å². The van der Waals surface area contributed by atoms with Crippen molar-refractivity contribution in [1.82, 2.24) is 0 Å². The van der Waals surface area contributed by atoms with Gasteiger partial charge in [-0.1, -0.05) is 66.7 Å². The first kappa shape index (κ1) is 17.3. The van der Waals surface area contributed by atoms with Gasteiger partial charge in [-0.25, -0.2) is 0 Å². The molecule has 0 saturated carbocycles. The Kier molecular flexibility index (Phi) is 3.91. The minimum atomic E-state index is -2.57. The molecule has 134 valence electrons. The molecule has 1 saturated heterocycles. The van der Waals surface area contributed by atoms with Gasteiger partial charge in [-0.15, -0.1) is 0 Å². The highest BCUT2D eigenvalue weighted by molar-refractivity contribution is 6.93. The SMILES string of the molecule is C[Si]1(C)O[Si]O[Si](C)(c2cccc3c4ccccc4c4ccccc4c23)O1. The molecule has 2 radical (unpaired) electrons. The zero-order chi connectivity index (χ0) is 18.6. The molecule has 0 aliphatic carbocycles. The minimum Gasteiger partial charge on any atom is -0.414 e. The number of hydrogen-bond donors (Lipinski definition) is 0. The first-order chi connectivity index (χ1) is 13.0. The molecule has 1 unspecified atom stereocenters. The molecule has 3 nitrogen and oxygen atoms in total. The van der Waals surface area contributed by atoms with E-state index in [0.717, 1.165) is 0 Å². The number of rotatable bonds is 1. The lowest BCUT2D eigenvalue weighted by Gasteiger charge is -2.40. The van der Waals surface area contributed by atoms with Crippen molar-refractivity contribution in [2.45, 2.75) is 19.6 Å². The maximum atomic E-state index is 6.56. The maximum Gasteiger partial charge on any atom is 0.413 e. The van der Waals surface area contributed by atoms with Gasteiger partial charge in [0.1, 0.15) is 0 Å². The number of benzene rings is 4. The van der Waals surface area contributed by atoms with Gasteiger partial charge in [0.25, 0.3) is 0 Å². The largest absolute Gasteiger partial charge is 0.414 e. The average molecular weight is 405 g/mol. The van der Waals surface area contributed by atoms with Crippen molar-refractivity contribution in [2.75, 3.05) is 0 Å². The summed E-state index contributed by atoms with van der Waals surface area (Å²) in [5.41, 5.74) is 0. The molecule has 5 rings (SSSR count). The maximum absolute atomic E-state index is 6.56. The zero-order valence-electron chi connectivity index (χ0n) is 15.6. The lowest BCUT2D eigenvalue weighted by molar-refractivity contribution is 0.276. The van der Waals surface area contributed by atoms with Crippen molar-refractivity contribution >= 4 is 64.6 Å². The fourth-order valence-corrected chi connectivity index (χ4v) is 13.0. The molecule has 1 aliphatic heterocycles. The van der Waals surface area contributed by atoms with Crippen LogP contribution in [0, 0.1) is 0 Å². The predicted molar refractivity (Wildman–Crippen MR) is 117 cm³/mol. The molecule has 0 bridgehead atoms. The van der Waals surface area contributed by atoms with Crippen molar-refractivity contribution in [3.05, 3.63) is 66.7 Å². The van der Waals surface area contributed by atoms with Crippen LogP contribution in [0.1, 0.15) is 0 Å². The second-order valence-electron chi connectivity index (χ2n) is 7.55. The molecule has 4 aromatic carbocycles. The lowest BCUT2D eigenvalue weighted by Crippen LogP contribution is -2.63. The van der Waals surface area contributed by atoms with Crippen molar-refractivity contribution in [3.8, 4) is 0 Å². The summed E-state index contributed by atoms with van der Waals surface area (Å²) in [5, 5.41) is 8.83. The molecule has 0 N–H and O–H groups in total. The highest BCUT2D eigenvalue weighted by atomic mass is 28.5. The first-order valence-corrected chi connectivity index (χ1v) is 15.1. The third-order valence-electron chi connectivity index (χ3n) is 5.22. The van der Waals surface area contributed by atoms with Crippen LogP contribution in [0.4, 0.5) is 0 Å². The Balaban J connectivity index is 1.93. The van der Waals surface area contributed by atoms with Gasteiger partial charge in [-0.05, 0) is 52.0 Å². The molecular weight excluding hydrogens is 384 g/mol. The van der Waals surface area contributed by atoms with E-state index in [2.05, 4.69) is 86.4 Å². The van der Waals surface area contributed by atoms with Crippen molar-refractivity contribution in [2.24, 2.45) is 0 Å². The molecule has 1 atom stereocenters. The topological polar surface area (TPSA) is 27.7 Å². The molecule has 6 heteroatoms. The summed E-state index contributed by atoms with van der Waals surface area (Å²) < 4.78 is 18.6. The highest BCUT2D eigenvalue weighted by Gasteiger charge is 2.47. The van der Waals surface area contributed by atoms with E-state index in [-0.39, 0.29) is 10.0 Å². The number of hydrogen-bond acceptors (Lipinski definition) is 3. The van der Waals surface area contributed by atoms with Gasteiger partial charge in [-0.3, -0.25) is 0 Å². The van der Waals surface area contributed by atoms with Crippen LogP contribution in [0.5, 0.6) is 0 Å². The predicted octanol–water partition coefficient (Wildman–Crippen LogP) is 4.72. The Morgan fingerprint density at radius 2 is 1.15 bits per heavy atom. The Morgan fingerprint density at radius 3 is 1.74 bits per heavy atom. The molecule has 1 aliphatic rings. The average Bonchev–Trinajstić information content (AvgIpc) is 2.67. The van der Waals surface area contributed by atoms with Crippen LogP contribution in [0.2, 0.25) is 19.6 Å². The molecule has 0 aromatic heterocycles. The van der Waals surface area contributed by atoms with E-state index >= 15 is 0 Å². The van der Waals surface area contributed by atoms with Crippen LogP contribution in [-0.4, -0.2) is 27.1 Å². The van der Waals surface area contributed by atoms with Crippen LogP contribution >= 0.6 is 0 Å². The van der Waals surface area contributed by atoms with Crippen LogP contribution in [-0.2, 0) is 12.3 Å². The second kappa shape index (κ2) is 6.10. The molecule has 4 aromatic rings. The number of fused-ring (bicyclic) bond motifs is 6. The summed E-state index contributed by atoms with van der Waals surface area (Å²) >= 11 is 0. The van der Waals surface area contributed by atoms with Gasteiger partial charge in [-0.2, -0.15) is 0 Å². The van der Waals surface area contributed by atoms with Gasteiger partial charge >= 0.3 is 27.1 Å². The Labute approximate surface area is 163 Å². The summed E-state index contributed by atoms with van der Waals surface area (Å²) in [6.07, 6.45) is 0. The Bertz CT molecular complexity index is 1150. The van der Waals surface area contributed by atoms with Gasteiger partial charge < -0.3 is 12.3 Å². The molecule has 1 heterocycles. The standard InChI is InChI=1S/C21H20O3Si3/c1-26(2)22-25-23-27(3,24-26)20-14-8-13-19-17-10-5-4-9-15(17)16-11-6-7-12-18(16)21(19)20/h4-14H,1-3H3. The molecule has 0 amide bonds. The summed E-state index contributed by atoms with van der Waals surface area (Å²) in [6.45, 7) is 6.37. The van der Waals surface area contributed by atoms with E-state index in [1.54, 1.807) is 0 Å².